The molecule has 0 aromatic heterocycles. The quantitative estimate of drug-likeness (QED) is 0.0322. The van der Waals surface area contributed by atoms with E-state index in [0.717, 1.165) is 128 Å². The molecule has 1 unspecified atom stereocenters. The molecule has 8 aromatic carbocycles. The van der Waals surface area contributed by atoms with Crippen molar-refractivity contribution in [2.45, 2.75) is 179 Å². The molecule has 0 saturated heterocycles. The summed E-state index contributed by atoms with van der Waals surface area (Å²) in [5.74, 6) is 2.43. The fraction of sp³-hybridized carbons (Fsp3) is 0.319. The van der Waals surface area contributed by atoms with Gasteiger partial charge in [-0.2, -0.15) is 19.9 Å². The molecule has 27 nitrogen and oxygen atoms in total. The molecule has 0 bridgehead atoms. The van der Waals surface area contributed by atoms with Gasteiger partial charge in [-0.25, -0.2) is 39.1 Å². The molecule has 8 aromatic rings. The normalized spacial score (nSPS) is 11.8. The van der Waals surface area contributed by atoms with E-state index in [9.17, 15) is 38.4 Å². The third-order valence-corrected chi connectivity index (χ3v) is 21.4. The molecule has 0 fully saturated rings. The summed E-state index contributed by atoms with van der Waals surface area (Å²) in [6.45, 7) is 28.0. The molecule has 8 aliphatic heterocycles. The van der Waals surface area contributed by atoms with Crippen molar-refractivity contribution in [2.24, 2.45) is 0 Å². The van der Waals surface area contributed by atoms with Crippen LogP contribution in [0.2, 0.25) is 0 Å². The first-order valence-electron chi connectivity index (χ1n) is 40.9. The summed E-state index contributed by atoms with van der Waals surface area (Å²) in [5.41, 5.74) is 17.6. The predicted molar refractivity (Wildman–Crippen MR) is 473 cm³/mol. The largest absolute Gasteiger partial charge is 0.491 e. The minimum absolute atomic E-state index is 0.0177. The molecule has 1 atom stereocenters. The summed E-state index contributed by atoms with van der Waals surface area (Å²) >= 11 is 0. The van der Waals surface area contributed by atoms with Gasteiger partial charge in [0.25, 0.3) is 22.2 Å². The zero-order chi connectivity index (χ0) is 85.9. The fourth-order valence-corrected chi connectivity index (χ4v) is 15.3. The molecular weight excluding hydrogens is 1530 g/mol. The molecule has 0 aliphatic carbocycles. The second-order valence-corrected chi connectivity index (χ2v) is 31.3. The van der Waals surface area contributed by atoms with Crippen LogP contribution in [-0.2, 0) is 67.8 Å². The van der Waals surface area contributed by atoms with Crippen molar-refractivity contribution < 1.29 is 14.2 Å². The van der Waals surface area contributed by atoms with E-state index in [-0.39, 0.29) is 40.8 Å². The van der Waals surface area contributed by atoms with Crippen molar-refractivity contribution in [1.82, 2.24) is 78.1 Å². The molecule has 0 radical (unpaired) electrons. The summed E-state index contributed by atoms with van der Waals surface area (Å²) in [6, 6.07) is 53.2. The average molecular weight is 1630 g/mol. The van der Waals surface area contributed by atoms with E-state index in [1.54, 1.807) is 7.11 Å². The molecule has 8 heterocycles. The van der Waals surface area contributed by atoms with E-state index >= 15 is 0 Å². The Morgan fingerprint density at radius 1 is 0.380 bits per heavy atom. The maximum atomic E-state index is 12.5. The molecule has 27 heteroatoms. The maximum absolute atomic E-state index is 12.5. The van der Waals surface area contributed by atoms with Crippen molar-refractivity contribution in [3.05, 3.63) is 313 Å². The zero-order valence-electron chi connectivity index (χ0n) is 70.5. The number of nitrogens with one attached hydrogen (secondary N) is 4. The van der Waals surface area contributed by atoms with Crippen molar-refractivity contribution in [1.29, 1.82) is 0 Å². The Bertz CT molecular complexity index is 6800. The van der Waals surface area contributed by atoms with Crippen LogP contribution in [0.15, 0.2) is 196 Å². The lowest BCUT2D eigenvalue weighted by Gasteiger charge is -2.25. The van der Waals surface area contributed by atoms with E-state index in [2.05, 4.69) is 193 Å². The monoisotopic (exact) mass is 1630 g/mol. The van der Waals surface area contributed by atoms with Crippen molar-refractivity contribution >= 4 is 44.1 Å². The van der Waals surface area contributed by atoms with Gasteiger partial charge in [-0.3, -0.25) is 39.1 Å². The third kappa shape index (κ3) is 20.5. The lowest BCUT2D eigenvalue weighted by Crippen LogP contribution is -2.32. The van der Waals surface area contributed by atoms with Gasteiger partial charge in [0, 0.05) is 33.2 Å². The van der Waals surface area contributed by atoms with E-state index in [4.69, 9.17) is 14.2 Å². The molecule has 0 amide bonds. The van der Waals surface area contributed by atoms with Gasteiger partial charge in [0.1, 0.15) is 12.4 Å². The molecule has 622 valence electrons. The number of H-pyrrole nitrogens is 4. The lowest BCUT2D eigenvalue weighted by atomic mass is 9.97. The van der Waals surface area contributed by atoms with Gasteiger partial charge in [0.15, 0.2) is 46.1 Å². The number of benzene rings is 8. The highest BCUT2D eigenvalue weighted by Crippen LogP contribution is 2.32. The first-order chi connectivity index (χ1) is 58.1. The van der Waals surface area contributed by atoms with Gasteiger partial charge in [0.2, 0.25) is 0 Å². The topological polar surface area (TPSA) is 350 Å². The number of aromatic nitrogens is 16. The van der Waals surface area contributed by atoms with Gasteiger partial charge in [-0.05, 0) is 235 Å². The lowest BCUT2D eigenvalue weighted by molar-refractivity contribution is -0.000466. The van der Waals surface area contributed by atoms with Gasteiger partial charge in [0.05, 0.1) is 69.5 Å². The number of ether oxygens (including phenoxy) is 3. The molecule has 8 aliphatic rings. The minimum atomic E-state index is -0.680. The molecule has 16 rings (SSSR count). The van der Waals surface area contributed by atoms with E-state index in [1.165, 1.54) is 33.4 Å². The third-order valence-electron chi connectivity index (χ3n) is 21.4. The molecule has 0 spiro atoms. The van der Waals surface area contributed by atoms with Crippen LogP contribution in [-0.4, -0.2) is 111 Å². The van der Waals surface area contributed by atoms with Crippen LogP contribution >= 0.6 is 0 Å². The maximum Gasteiger partial charge on any atom is 0.349 e. The smallest absolute Gasteiger partial charge is 0.349 e. The van der Waals surface area contributed by atoms with E-state index in [1.807, 2.05) is 126 Å². The highest BCUT2D eigenvalue weighted by molar-refractivity contribution is 5.84. The number of hydrogen-bond acceptors (Lipinski definition) is 19. The summed E-state index contributed by atoms with van der Waals surface area (Å²) < 4.78 is 24.7. The van der Waals surface area contributed by atoms with Gasteiger partial charge in [-0.1, -0.05) is 129 Å². The molecule has 4 N–H and O–H groups in total. The number of methoxy groups -OCH3 is 1. The highest BCUT2D eigenvalue weighted by Gasteiger charge is 2.26. The van der Waals surface area contributed by atoms with Crippen molar-refractivity contribution in [3.8, 4) is 51.8 Å². The van der Waals surface area contributed by atoms with Gasteiger partial charge >= 0.3 is 22.8 Å². The Kier molecular flexibility index (Phi) is 26.9. The summed E-state index contributed by atoms with van der Waals surface area (Å²) in [4.78, 5) is 141. The van der Waals surface area contributed by atoms with Crippen LogP contribution in [0.1, 0.15) is 132 Å². The van der Waals surface area contributed by atoms with Gasteiger partial charge < -0.3 is 32.5 Å². The molecule has 0 saturated carbocycles. The van der Waals surface area contributed by atoms with Crippen LogP contribution in [0.5, 0.6) is 5.75 Å². The van der Waals surface area contributed by atoms with Crippen molar-refractivity contribution in [2.75, 3.05) is 20.3 Å². The van der Waals surface area contributed by atoms with Crippen LogP contribution in [0.25, 0.3) is 90.2 Å². The second kappa shape index (κ2) is 38.1. The van der Waals surface area contributed by atoms with Crippen LogP contribution in [0.4, 0.5) is 0 Å². The predicted octanol–water partition coefficient (Wildman–Crippen LogP) is 13.1. The number of fused-ring (bicyclic) bond motifs is 8. The highest BCUT2D eigenvalue weighted by atomic mass is 16.5. The standard InChI is InChI=1S/C25H28N4O4.C24H26N4O3.C24H26N4O2.C21H20N4O2/c1-4-18-15-20-21(13-16(18)2)29(23-22(26-20)24(30)28-25(31)27-23)10-6-8-17-7-5-9-19(14-17)33-12-11-32-3;1-14(2)31-18(12-17-8-6-5-7-9-17)13-28-20-11-16(4)15(3)10-19(20)25-21-22(28)26-24(30)27-23(21)29;1-14(2)18-13-19-20(12-16(18)4)28(11-5-6-17-9-7-15(3)8-10-17)22-21(25-19)23(29)27-24(30)26-22;1-13-5-8-15(9-6-13)4-3-11-25-17-10-7-14(2)12-16(17)22-18-19(25)23-21(27)24-20(18)26/h5,7,9,13-15H,4,6,8,10-12H2,1-3H3,(H,28,30,31);5-11,14,18H,12-13H2,1-4H3,(H,27,29,30);7-10,12-14H,5-6,11H2,1-4H3,(H,27,29,30);5-10,12H,3-4,11H2,1-2H3,(H,24,26,27). The average Bonchev–Trinajstić information content (AvgIpc) is 0.770. The van der Waals surface area contributed by atoms with E-state index in [0.29, 0.717) is 74.7 Å². The summed E-state index contributed by atoms with van der Waals surface area (Å²) in [7, 11) is 1.65. The zero-order valence-corrected chi connectivity index (χ0v) is 70.5. The van der Waals surface area contributed by atoms with Crippen molar-refractivity contribution in [3.63, 3.8) is 0 Å². The van der Waals surface area contributed by atoms with Crippen LogP contribution in [0, 0.1) is 48.5 Å². The van der Waals surface area contributed by atoms with Gasteiger partial charge in [-0.15, -0.1) is 0 Å². The van der Waals surface area contributed by atoms with Crippen LogP contribution in [0.3, 0.4) is 0 Å². The minimum Gasteiger partial charge on any atom is -0.491 e. The SMILES string of the molecule is CCc1cc2nc3c(=O)[nH]c(=O)nc-3n(CCCc3cccc(OCCOC)c3)c2cc1C.Cc1cc2nc3c(=O)[nH]c(=O)nc-3n(CC(Cc3ccccc3)OC(C)C)c2cc1C.Cc1ccc(CCCn2c3nc(=O)[nH]c(=O)c-3nc3cc(C(C)C)c(C)cc32)cc1.Cc1ccc(CCCn2c3nc(=O)[nH]c(=O)c-3nc3cc(C)ccc32)cc1. The Balaban J connectivity index is 0.000000140. The van der Waals surface area contributed by atoms with Crippen LogP contribution < -0.4 is 49.7 Å². The Morgan fingerprint density at radius 3 is 1.29 bits per heavy atom. The fourth-order valence-electron chi connectivity index (χ4n) is 15.3. The first kappa shape index (κ1) is 85.5. The Labute approximate surface area is 697 Å². The van der Waals surface area contributed by atoms with E-state index < -0.39 is 45.0 Å². The number of rotatable bonds is 24. The molecule has 121 heavy (non-hydrogen) atoms. The Hall–Kier alpha value is -13.4. The number of nitrogens with zero attached hydrogens (tertiary/aromatic N) is 12. The number of aryl methyl sites for hydroxylation is 14. The second-order valence-electron chi connectivity index (χ2n) is 31.3. The first-order valence-corrected chi connectivity index (χ1v) is 40.9. The number of aromatic amines is 4. The summed E-state index contributed by atoms with van der Waals surface area (Å²) in [5, 5.41) is 0. The molecular formula is C94H100N16O11. The Morgan fingerprint density at radius 2 is 0.802 bits per heavy atom. The summed E-state index contributed by atoms with van der Waals surface area (Å²) in [6.07, 6.45) is 6.51. The number of hydrogen-bond donors (Lipinski definition) is 4.